The van der Waals surface area contributed by atoms with Crippen LogP contribution in [0.1, 0.15) is 15.9 Å². The molecule has 0 unspecified atom stereocenters. The molecule has 2 N–H and O–H groups in total. The number of rotatable bonds is 5. The van der Waals surface area contributed by atoms with E-state index in [0.29, 0.717) is 11.3 Å². The fourth-order valence-corrected chi connectivity index (χ4v) is 1.88. The third kappa shape index (κ3) is 7.22. The van der Waals surface area contributed by atoms with E-state index in [1.54, 1.807) is 24.3 Å². The molecule has 7 nitrogen and oxygen atoms in total. The number of amides is 2. The van der Waals surface area contributed by atoms with E-state index in [4.69, 9.17) is 6.42 Å². The van der Waals surface area contributed by atoms with Crippen LogP contribution in [0.5, 0.6) is 5.75 Å². The van der Waals surface area contributed by atoms with Crippen molar-refractivity contribution in [3.05, 3.63) is 53.6 Å². The van der Waals surface area contributed by atoms with Crippen molar-refractivity contribution in [3.8, 4) is 18.1 Å². The number of hydrogen-bond donors (Lipinski definition) is 2. The van der Waals surface area contributed by atoms with E-state index in [9.17, 15) is 19.5 Å². The molecule has 0 bridgehead atoms. The van der Waals surface area contributed by atoms with E-state index in [0.717, 1.165) is 12.1 Å². The van der Waals surface area contributed by atoms with E-state index in [1.807, 2.05) is 0 Å². The molecule has 0 saturated heterocycles. The maximum atomic E-state index is 12.0. The number of benzene rings is 2. The summed E-state index contributed by atoms with van der Waals surface area (Å²) in [5.74, 6) is 0.845. The van der Waals surface area contributed by atoms with Gasteiger partial charge < -0.3 is 30.1 Å². The third-order valence-electron chi connectivity index (χ3n) is 2.85. The summed E-state index contributed by atoms with van der Waals surface area (Å²) in [6, 6.07) is 9.44. The standard InChI is InChI=1S/C17H11N2O5.2Na/c1-2-11-4-3-5-13(6-11)18-17(23)19-14-7-12(16(21)22)8-15(9-14)24-10-20;;/h1,3-9H,(H,21,22)(H2,18,19,23);;/q-1;2*+1/p-1. The zero-order valence-corrected chi connectivity index (χ0v) is 18.2. The predicted octanol–water partition coefficient (Wildman–Crippen LogP) is -4.87. The van der Waals surface area contributed by atoms with Crippen LogP contribution in [0.4, 0.5) is 16.2 Å². The molecule has 2 amide bonds. The average Bonchev–Trinajstić information content (AvgIpc) is 2.55. The molecule has 2 aromatic carbocycles. The number of carbonyl (C=O) groups is 2. The largest absolute Gasteiger partial charge is 1.00 e. The van der Waals surface area contributed by atoms with Crippen LogP contribution in [0.2, 0.25) is 0 Å². The van der Waals surface area contributed by atoms with Gasteiger partial charge in [-0.2, -0.15) is 0 Å². The molecule has 9 heteroatoms. The summed E-state index contributed by atoms with van der Waals surface area (Å²) in [4.78, 5) is 33.2. The summed E-state index contributed by atoms with van der Waals surface area (Å²) in [5, 5.41) is 15.9. The summed E-state index contributed by atoms with van der Waals surface area (Å²) in [5.41, 5.74) is 0.862. The van der Waals surface area contributed by atoms with Gasteiger partial charge in [-0.15, -0.1) is 6.42 Å². The molecule has 0 atom stereocenters. The van der Waals surface area contributed by atoms with E-state index < -0.39 is 12.0 Å². The molecule has 0 aliphatic heterocycles. The topological polar surface area (TPSA) is 108 Å². The van der Waals surface area contributed by atoms with Crippen molar-refractivity contribution in [3.63, 3.8) is 0 Å². The van der Waals surface area contributed by atoms with Gasteiger partial charge in [0.1, 0.15) is 0 Å². The summed E-state index contributed by atoms with van der Waals surface area (Å²) in [6.45, 7) is 1.17. The minimum atomic E-state index is -1.49. The minimum absolute atomic E-state index is 0. The summed E-state index contributed by atoms with van der Waals surface area (Å²) < 4.78 is 4.48. The molecule has 0 aliphatic rings. The number of hydrogen-bond acceptors (Lipinski definition) is 5. The number of aromatic carboxylic acids is 1. The van der Waals surface area contributed by atoms with Crippen LogP contribution in [-0.2, 0) is 4.79 Å². The maximum Gasteiger partial charge on any atom is 1.00 e. The first-order valence-corrected chi connectivity index (χ1v) is 6.57. The van der Waals surface area contributed by atoms with Crippen LogP contribution in [0.25, 0.3) is 0 Å². The smallest absolute Gasteiger partial charge is 0.610 e. The zero-order chi connectivity index (χ0) is 17.5. The van der Waals surface area contributed by atoms with Crippen LogP contribution in [0.3, 0.4) is 0 Å². The van der Waals surface area contributed by atoms with Crippen molar-refractivity contribution in [2.24, 2.45) is 0 Å². The van der Waals surface area contributed by atoms with Crippen LogP contribution in [-0.4, -0.2) is 18.5 Å². The molecular formula is C17H10N2Na2O5. The van der Waals surface area contributed by atoms with Crippen molar-refractivity contribution in [2.45, 2.75) is 0 Å². The van der Waals surface area contributed by atoms with Gasteiger partial charge in [-0.25, -0.2) is 4.79 Å². The zero-order valence-electron chi connectivity index (χ0n) is 14.2. The Balaban J connectivity index is 0.00000312. The molecule has 26 heavy (non-hydrogen) atoms. The van der Waals surface area contributed by atoms with E-state index >= 15 is 0 Å². The molecule has 0 heterocycles. The number of urea groups is 1. The number of carbonyl (C=O) groups excluding carboxylic acids is 3. The SMILES string of the molecule is C#Cc1cccc(NC(=O)Nc2cc(O[C-]=O)cc(C(=O)[O-])c2)c1.[Na+].[Na+]. The number of anilines is 2. The normalized spacial score (nSPS) is 8.73. The molecule has 0 fully saturated rings. The Kier molecular flexibility index (Phi) is 10.9. The van der Waals surface area contributed by atoms with Crippen LogP contribution in [0, 0.1) is 12.3 Å². The Bertz CT molecular complexity index is 849. The van der Waals surface area contributed by atoms with Crippen molar-refractivity contribution < 1.29 is 83.3 Å². The van der Waals surface area contributed by atoms with E-state index in [-0.39, 0.29) is 76.1 Å². The molecular weight excluding hydrogens is 358 g/mol. The fraction of sp³-hybridized carbons (Fsp3) is 0. The fourth-order valence-electron chi connectivity index (χ4n) is 1.88. The Morgan fingerprint density at radius 1 is 1.08 bits per heavy atom. The summed E-state index contributed by atoms with van der Waals surface area (Å²) in [7, 11) is 0. The van der Waals surface area contributed by atoms with Gasteiger partial charge in [0.2, 0.25) is 0 Å². The van der Waals surface area contributed by atoms with Gasteiger partial charge in [-0.3, -0.25) is 0 Å². The monoisotopic (exact) mass is 368 g/mol. The van der Waals surface area contributed by atoms with Crippen molar-refractivity contribution in [2.75, 3.05) is 10.6 Å². The Labute approximate surface area is 194 Å². The van der Waals surface area contributed by atoms with Crippen molar-refractivity contribution in [1.82, 2.24) is 0 Å². The second-order valence-corrected chi connectivity index (χ2v) is 4.52. The first kappa shape index (κ1) is 24.2. The molecule has 120 valence electrons. The number of terminal acetylenes is 1. The van der Waals surface area contributed by atoms with E-state index in [1.165, 1.54) is 12.5 Å². The third-order valence-corrected chi connectivity index (χ3v) is 2.85. The van der Waals surface area contributed by atoms with Gasteiger partial charge in [0.05, 0.1) is 5.97 Å². The first-order chi connectivity index (χ1) is 11.5. The van der Waals surface area contributed by atoms with Gasteiger partial charge in [0.25, 0.3) is 0 Å². The average molecular weight is 368 g/mol. The number of ether oxygens (including phenoxy) is 1. The molecule has 2 rings (SSSR count). The number of carboxylic acid groups (broad SMARTS) is 1. The molecule has 0 aromatic heterocycles. The van der Waals surface area contributed by atoms with Gasteiger partial charge in [-0.1, -0.05) is 24.1 Å². The Hall–Kier alpha value is -1.79. The number of nitrogens with one attached hydrogen (secondary N) is 2. The molecule has 0 spiro atoms. The molecule has 0 saturated carbocycles. The molecule has 0 radical (unpaired) electrons. The Morgan fingerprint density at radius 3 is 2.38 bits per heavy atom. The van der Waals surface area contributed by atoms with Crippen LogP contribution >= 0.6 is 0 Å². The summed E-state index contributed by atoms with van der Waals surface area (Å²) in [6.07, 6.45) is 5.28. The van der Waals surface area contributed by atoms with Gasteiger partial charge in [0.15, 0.2) is 6.47 Å². The first-order valence-electron chi connectivity index (χ1n) is 6.57. The van der Waals surface area contributed by atoms with Crippen molar-refractivity contribution >= 4 is 29.8 Å². The van der Waals surface area contributed by atoms with Crippen molar-refractivity contribution in [1.29, 1.82) is 0 Å². The van der Waals surface area contributed by atoms with Crippen LogP contribution < -0.4 is 79.6 Å². The van der Waals surface area contributed by atoms with E-state index in [2.05, 4.69) is 21.3 Å². The quantitative estimate of drug-likeness (QED) is 0.313. The minimum Gasteiger partial charge on any atom is -0.610 e. The Morgan fingerprint density at radius 2 is 1.77 bits per heavy atom. The second kappa shape index (κ2) is 11.8. The maximum absolute atomic E-state index is 12.0. The van der Waals surface area contributed by atoms with Gasteiger partial charge in [-0.05, 0) is 35.6 Å². The predicted molar refractivity (Wildman–Crippen MR) is 84.1 cm³/mol. The molecule has 0 aliphatic carbocycles. The molecule has 2 aromatic rings. The van der Waals surface area contributed by atoms with Crippen LogP contribution in [0.15, 0.2) is 42.5 Å². The van der Waals surface area contributed by atoms with Gasteiger partial charge in [0, 0.05) is 16.9 Å². The van der Waals surface area contributed by atoms with Gasteiger partial charge >= 0.3 is 65.1 Å². The number of carboxylic acids is 1. The summed E-state index contributed by atoms with van der Waals surface area (Å²) >= 11 is 0. The second-order valence-electron chi connectivity index (χ2n) is 4.52.